The maximum Gasteiger partial charge on any atom is 0.271 e. The van der Waals surface area contributed by atoms with Crippen LogP contribution in [0.3, 0.4) is 0 Å². The van der Waals surface area contributed by atoms with Crippen LogP contribution in [-0.4, -0.2) is 34.1 Å². The zero-order chi connectivity index (χ0) is 14.7. The van der Waals surface area contributed by atoms with Crippen LogP contribution in [0.4, 0.5) is 11.6 Å². The predicted molar refractivity (Wildman–Crippen MR) is 79.4 cm³/mol. The highest BCUT2D eigenvalue weighted by atomic mass is 16.6. The molecule has 0 unspecified atom stereocenters. The summed E-state index contributed by atoms with van der Waals surface area (Å²) in [7, 11) is 0. The topological polar surface area (TPSA) is 93.1 Å². The third kappa shape index (κ3) is 3.30. The number of fused-ring (bicyclic) bond motifs is 1. The van der Waals surface area contributed by atoms with Gasteiger partial charge in [0.05, 0.1) is 28.7 Å². The van der Waals surface area contributed by atoms with E-state index in [1.165, 1.54) is 25.0 Å². The van der Waals surface area contributed by atoms with E-state index in [0.717, 1.165) is 12.8 Å². The van der Waals surface area contributed by atoms with Gasteiger partial charge in [-0.3, -0.25) is 10.1 Å². The van der Waals surface area contributed by atoms with Gasteiger partial charge in [0.15, 0.2) is 0 Å². The van der Waals surface area contributed by atoms with E-state index in [0.29, 0.717) is 36.2 Å². The SMILES string of the molecule is O=[N+]([O-])c1ccc2nc(NCCOC3CCCC3)[nH]c2c1. The number of nitro groups is 1. The van der Waals surface area contributed by atoms with Crippen LogP contribution in [0.5, 0.6) is 0 Å². The molecule has 2 N–H and O–H groups in total. The first-order chi connectivity index (χ1) is 10.2. The van der Waals surface area contributed by atoms with Crippen LogP contribution in [0.15, 0.2) is 18.2 Å². The maximum atomic E-state index is 10.7. The highest BCUT2D eigenvalue weighted by Gasteiger charge is 2.14. The lowest BCUT2D eigenvalue weighted by Gasteiger charge is -2.10. The number of benzene rings is 1. The second-order valence-electron chi connectivity index (χ2n) is 5.25. The molecule has 1 aliphatic rings. The van der Waals surface area contributed by atoms with E-state index < -0.39 is 4.92 Å². The number of nitro benzene ring substituents is 1. The number of H-pyrrole nitrogens is 1. The van der Waals surface area contributed by atoms with E-state index in [2.05, 4.69) is 15.3 Å². The highest BCUT2D eigenvalue weighted by molar-refractivity contribution is 5.79. The van der Waals surface area contributed by atoms with Crippen molar-refractivity contribution in [3.63, 3.8) is 0 Å². The molecule has 3 rings (SSSR count). The van der Waals surface area contributed by atoms with Gasteiger partial charge in [-0.25, -0.2) is 4.98 Å². The van der Waals surface area contributed by atoms with Crippen molar-refractivity contribution < 1.29 is 9.66 Å². The van der Waals surface area contributed by atoms with Crippen molar-refractivity contribution >= 4 is 22.7 Å². The average Bonchev–Trinajstić information content (AvgIpc) is 3.11. The fourth-order valence-electron chi connectivity index (χ4n) is 2.64. The molecule has 1 heterocycles. The molecule has 0 amide bonds. The second-order valence-corrected chi connectivity index (χ2v) is 5.25. The Morgan fingerprint density at radius 1 is 1.43 bits per heavy atom. The van der Waals surface area contributed by atoms with Gasteiger partial charge in [-0.2, -0.15) is 0 Å². The van der Waals surface area contributed by atoms with Crippen LogP contribution in [-0.2, 0) is 4.74 Å². The summed E-state index contributed by atoms with van der Waals surface area (Å²) in [6, 6.07) is 4.59. The molecule has 0 radical (unpaired) electrons. The zero-order valence-electron chi connectivity index (χ0n) is 11.7. The molecule has 0 bridgehead atoms. The summed E-state index contributed by atoms with van der Waals surface area (Å²) in [6.45, 7) is 1.31. The Morgan fingerprint density at radius 2 is 2.24 bits per heavy atom. The van der Waals surface area contributed by atoms with Crippen molar-refractivity contribution in [3.05, 3.63) is 28.3 Å². The molecule has 1 aliphatic carbocycles. The summed E-state index contributed by atoms with van der Waals surface area (Å²) in [5.41, 5.74) is 1.42. The first-order valence-corrected chi connectivity index (χ1v) is 7.22. The minimum Gasteiger partial charge on any atom is -0.376 e. The molecule has 7 heteroatoms. The molecule has 2 aromatic rings. The molecule has 21 heavy (non-hydrogen) atoms. The number of aromatic nitrogens is 2. The number of hydrogen-bond donors (Lipinski definition) is 2. The minimum atomic E-state index is -0.414. The summed E-state index contributed by atoms with van der Waals surface area (Å²) in [5, 5.41) is 13.9. The third-order valence-corrected chi connectivity index (χ3v) is 3.73. The number of non-ortho nitro benzene ring substituents is 1. The average molecular weight is 290 g/mol. The van der Waals surface area contributed by atoms with Gasteiger partial charge in [0, 0.05) is 18.7 Å². The normalized spacial score (nSPS) is 15.6. The number of aromatic amines is 1. The Bertz CT molecular complexity index is 634. The number of hydrogen-bond acceptors (Lipinski definition) is 5. The van der Waals surface area contributed by atoms with Gasteiger partial charge in [0.1, 0.15) is 0 Å². The zero-order valence-corrected chi connectivity index (χ0v) is 11.7. The van der Waals surface area contributed by atoms with Crippen molar-refractivity contribution in [2.24, 2.45) is 0 Å². The lowest BCUT2D eigenvalue weighted by molar-refractivity contribution is -0.384. The van der Waals surface area contributed by atoms with Crippen LogP contribution >= 0.6 is 0 Å². The van der Waals surface area contributed by atoms with E-state index in [-0.39, 0.29) is 5.69 Å². The van der Waals surface area contributed by atoms with Gasteiger partial charge >= 0.3 is 0 Å². The summed E-state index contributed by atoms with van der Waals surface area (Å²) in [5.74, 6) is 0.612. The molecular weight excluding hydrogens is 272 g/mol. The van der Waals surface area contributed by atoms with Gasteiger partial charge in [0.25, 0.3) is 5.69 Å². The number of imidazole rings is 1. The summed E-state index contributed by atoms with van der Waals surface area (Å²) >= 11 is 0. The Morgan fingerprint density at radius 3 is 3.00 bits per heavy atom. The van der Waals surface area contributed by atoms with Gasteiger partial charge < -0.3 is 15.0 Å². The monoisotopic (exact) mass is 290 g/mol. The molecule has 112 valence electrons. The Balaban J connectivity index is 1.55. The van der Waals surface area contributed by atoms with E-state index >= 15 is 0 Å². The summed E-state index contributed by atoms with van der Waals surface area (Å²) < 4.78 is 5.76. The van der Waals surface area contributed by atoms with Crippen molar-refractivity contribution in [1.82, 2.24) is 9.97 Å². The summed E-state index contributed by atoms with van der Waals surface area (Å²) in [6.07, 6.45) is 5.26. The minimum absolute atomic E-state index is 0.0577. The van der Waals surface area contributed by atoms with Crippen LogP contribution in [0.2, 0.25) is 0 Å². The Labute approximate surface area is 121 Å². The number of nitrogens with one attached hydrogen (secondary N) is 2. The largest absolute Gasteiger partial charge is 0.376 e. The van der Waals surface area contributed by atoms with Crippen molar-refractivity contribution in [3.8, 4) is 0 Å². The molecule has 1 aromatic carbocycles. The lowest BCUT2D eigenvalue weighted by atomic mass is 10.3. The van der Waals surface area contributed by atoms with Gasteiger partial charge in [-0.05, 0) is 18.9 Å². The van der Waals surface area contributed by atoms with Gasteiger partial charge in [-0.1, -0.05) is 12.8 Å². The van der Waals surface area contributed by atoms with Crippen LogP contribution < -0.4 is 5.32 Å². The fourth-order valence-corrected chi connectivity index (χ4v) is 2.64. The molecule has 0 saturated heterocycles. The van der Waals surface area contributed by atoms with E-state index in [4.69, 9.17) is 4.74 Å². The molecule has 0 atom stereocenters. The molecule has 0 aliphatic heterocycles. The standard InChI is InChI=1S/C14H18N4O3/c19-18(20)10-5-6-12-13(9-10)17-14(16-12)15-7-8-21-11-3-1-2-4-11/h5-6,9,11H,1-4,7-8H2,(H2,15,16,17). The molecule has 1 saturated carbocycles. The molecule has 1 fully saturated rings. The van der Waals surface area contributed by atoms with E-state index in [1.807, 2.05) is 0 Å². The molecule has 0 spiro atoms. The van der Waals surface area contributed by atoms with E-state index in [1.54, 1.807) is 6.07 Å². The van der Waals surface area contributed by atoms with Crippen molar-refractivity contribution in [2.75, 3.05) is 18.5 Å². The van der Waals surface area contributed by atoms with Gasteiger partial charge in [0.2, 0.25) is 5.95 Å². The quantitative estimate of drug-likeness (QED) is 0.485. The second kappa shape index (κ2) is 6.09. The van der Waals surface area contributed by atoms with Crippen LogP contribution in [0.25, 0.3) is 11.0 Å². The van der Waals surface area contributed by atoms with Crippen molar-refractivity contribution in [2.45, 2.75) is 31.8 Å². The van der Waals surface area contributed by atoms with Crippen LogP contribution in [0, 0.1) is 10.1 Å². The number of ether oxygens (including phenoxy) is 1. The number of nitrogens with zero attached hydrogens (tertiary/aromatic N) is 2. The molecule has 1 aromatic heterocycles. The Hall–Kier alpha value is -2.15. The third-order valence-electron chi connectivity index (χ3n) is 3.73. The predicted octanol–water partition coefficient (Wildman–Crippen LogP) is 2.84. The first kappa shape index (κ1) is 13.8. The molecular formula is C14H18N4O3. The lowest BCUT2D eigenvalue weighted by Crippen LogP contribution is -2.15. The smallest absolute Gasteiger partial charge is 0.271 e. The number of anilines is 1. The van der Waals surface area contributed by atoms with E-state index in [9.17, 15) is 10.1 Å². The first-order valence-electron chi connectivity index (χ1n) is 7.22. The van der Waals surface area contributed by atoms with Crippen molar-refractivity contribution in [1.29, 1.82) is 0 Å². The Kier molecular flexibility index (Phi) is 4.01. The molecule has 7 nitrogen and oxygen atoms in total. The summed E-state index contributed by atoms with van der Waals surface area (Å²) in [4.78, 5) is 17.7. The van der Waals surface area contributed by atoms with Crippen LogP contribution in [0.1, 0.15) is 25.7 Å². The fraction of sp³-hybridized carbons (Fsp3) is 0.500. The maximum absolute atomic E-state index is 10.7. The van der Waals surface area contributed by atoms with Gasteiger partial charge in [-0.15, -0.1) is 0 Å². The number of rotatable bonds is 6. The highest BCUT2D eigenvalue weighted by Crippen LogP contribution is 2.21.